The average molecular weight is 345 g/mol. The fraction of sp³-hybridized carbons (Fsp3) is 0.250. The van der Waals surface area contributed by atoms with Gasteiger partial charge in [-0.3, -0.25) is 14.8 Å². The maximum Gasteiger partial charge on any atom is 0.225 e. The summed E-state index contributed by atoms with van der Waals surface area (Å²) < 4.78 is 0. The first kappa shape index (κ1) is 16.3. The summed E-state index contributed by atoms with van der Waals surface area (Å²) in [7, 11) is 0. The predicted octanol–water partition coefficient (Wildman–Crippen LogP) is 3.03. The summed E-state index contributed by atoms with van der Waals surface area (Å²) in [5, 5.41) is 0. The van der Waals surface area contributed by atoms with E-state index < -0.39 is 0 Å². The molecular weight excluding hydrogens is 326 g/mol. The van der Waals surface area contributed by atoms with Crippen molar-refractivity contribution in [1.82, 2.24) is 19.9 Å². The summed E-state index contributed by atoms with van der Waals surface area (Å²) in [6.07, 6.45) is 6.95. The second kappa shape index (κ2) is 7.39. The second-order valence-corrected chi connectivity index (χ2v) is 6.32. The highest BCUT2D eigenvalue weighted by atomic mass is 16.1. The zero-order valence-corrected chi connectivity index (χ0v) is 14.3. The van der Waals surface area contributed by atoms with Gasteiger partial charge in [-0.25, -0.2) is 9.97 Å². The molecule has 3 aromatic heterocycles. The fourth-order valence-electron chi connectivity index (χ4n) is 3.25. The molecule has 0 spiro atoms. The van der Waals surface area contributed by atoms with Crippen molar-refractivity contribution in [1.29, 1.82) is 0 Å². The highest BCUT2D eigenvalue weighted by Gasteiger charge is 2.28. The monoisotopic (exact) mass is 345 g/mol. The fourth-order valence-corrected chi connectivity index (χ4v) is 3.25. The third-order valence-electron chi connectivity index (χ3n) is 4.56. The van der Waals surface area contributed by atoms with E-state index >= 15 is 0 Å². The average Bonchev–Trinajstić information content (AvgIpc) is 2.75. The molecule has 1 atom stereocenters. The molecule has 0 saturated carbocycles. The highest BCUT2D eigenvalue weighted by molar-refractivity contribution is 5.96. The lowest BCUT2D eigenvalue weighted by atomic mass is 9.92. The number of piperidine rings is 1. The molecule has 3 aromatic rings. The van der Waals surface area contributed by atoms with E-state index in [1.54, 1.807) is 24.7 Å². The Morgan fingerprint density at radius 3 is 2.54 bits per heavy atom. The Morgan fingerprint density at radius 1 is 0.923 bits per heavy atom. The van der Waals surface area contributed by atoms with Crippen LogP contribution in [0.5, 0.6) is 0 Å². The number of ketones is 1. The third kappa shape index (κ3) is 3.44. The molecule has 1 unspecified atom stereocenters. The van der Waals surface area contributed by atoms with Crippen LogP contribution in [0, 0.1) is 5.92 Å². The Balaban J connectivity index is 1.54. The minimum absolute atomic E-state index is 0.0826. The van der Waals surface area contributed by atoms with Crippen molar-refractivity contribution < 1.29 is 4.79 Å². The smallest absolute Gasteiger partial charge is 0.225 e. The van der Waals surface area contributed by atoms with Crippen LogP contribution in [-0.2, 0) is 0 Å². The number of nitrogens with zero attached hydrogens (tertiary/aromatic N) is 5. The van der Waals surface area contributed by atoms with Gasteiger partial charge in [0, 0.05) is 37.6 Å². The van der Waals surface area contributed by atoms with Crippen molar-refractivity contribution in [2.45, 2.75) is 12.8 Å². The van der Waals surface area contributed by atoms with Gasteiger partial charge in [-0.1, -0.05) is 12.1 Å². The zero-order valence-electron chi connectivity index (χ0n) is 14.3. The molecule has 4 rings (SSSR count). The lowest BCUT2D eigenvalue weighted by Crippen LogP contribution is -2.39. The van der Waals surface area contributed by atoms with Gasteiger partial charge in [-0.2, -0.15) is 0 Å². The first-order chi connectivity index (χ1) is 12.8. The largest absolute Gasteiger partial charge is 0.340 e. The Labute approximate surface area is 152 Å². The van der Waals surface area contributed by atoms with E-state index in [4.69, 9.17) is 0 Å². The molecule has 0 bridgehead atoms. The summed E-state index contributed by atoms with van der Waals surface area (Å²) in [5.74, 6) is 0.656. The van der Waals surface area contributed by atoms with Crippen molar-refractivity contribution in [3.63, 3.8) is 0 Å². The molecule has 1 aliphatic heterocycles. The summed E-state index contributed by atoms with van der Waals surface area (Å²) in [4.78, 5) is 32.4. The van der Waals surface area contributed by atoms with Crippen LogP contribution in [0.25, 0.3) is 11.4 Å². The van der Waals surface area contributed by atoms with Crippen LogP contribution < -0.4 is 4.90 Å². The summed E-state index contributed by atoms with van der Waals surface area (Å²) >= 11 is 0. The standard InChI is InChI=1S/C20H19N5O/c26-19(18-8-2-4-11-22-18)15-6-5-13-25(14-15)20-23-12-9-17(24-20)16-7-1-3-10-21-16/h1-4,7-12,15H,5-6,13-14H2. The van der Waals surface area contributed by atoms with Gasteiger partial charge < -0.3 is 4.90 Å². The highest BCUT2D eigenvalue weighted by Crippen LogP contribution is 2.24. The molecule has 6 heteroatoms. The molecule has 1 aliphatic rings. The number of hydrogen-bond donors (Lipinski definition) is 0. The third-order valence-corrected chi connectivity index (χ3v) is 4.56. The Morgan fingerprint density at radius 2 is 1.77 bits per heavy atom. The van der Waals surface area contributed by atoms with Gasteiger partial charge >= 0.3 is 0 Å². The lowest BCUT2D eigenvalue weighted by molar-refractivity contribution is 0.0901. The first-order valence-electron chi connectivity index (χ1n) is 8.76. The summed E-state index contributed by atoms with van der Waals surface area (Å²) in [5.41, 5.74) is 2.13. The molecule has 6 nitrogen and oxygen atoms in total. The molecule has 0 N–H and O–H groups in total. The van der Waals surface area contributed by atoms with Crippen molar-refractivity contribution in [3.8, 4) is 11.4 Å². The number of Topliss-reactive ketones (excluding diaryl/α,β-unsaturated/α-hetero) is 1. The number of hydrogen-bond acceptors (Lipinski definition) is 6. The number of rotatable bonds is 4. The number of carbonyl (C=O) groups is 1. The molecule has 130 valence electrons. The molecule has 0 aliphatic carbocycles. The van der Waals surface area contributed by atoms with Crippen molar-refractivity contribution >= 4 is 11.7 Å². The number of aromatic nitrogens is 4. The van der Waals surface area contributed by atoms with Crippen molar-refractivity contribution in [2.75, 3.05) is 18.0 Å². The minimum Gasteiger partial charge on any atom is -0.340 e. The van der Waals surface area contributed by atoms with Gasteiger partial charge in [-0.05, 0) is 43.2 Å². The summed E-state index contributed by atoms with van der Waals surface area (Å²) in [6, 6.07) is 13.0. The van der Waals surface area contributed by atoms with Gasteiger partial charge in [-0.15, -0.1) is 0 Å². The number of carbonyl (C=O) groups excluding carboxylic acids is 1. The van der Waals surface area contributed by atoms with Crippen molar-refractivity contribution in [2.24, 2.45) is 5.92 Å². The molecule has 1 fully saturated rings. The zero-order chi connectivity index (χ0) is 17.8. The van der Waals surface area contributed by atoms with Gasteiger partial charge in [0.05, 0.1) is 11.4 Å². The normalized spacial score (nSPS) is 17.1. The molecule has 0 radical (unpaired) electrons. The topological polar surface area (TPSA) is 71.9 Å². The first-order valence-corrected chi connectivity index (χ1v) is 8.76. The van der Waals surface area contributed by atoms with E-state index in [9.17, 15) is 4.79 Å². The van der Waals surface area contributed by atoms with Crippen molar-refractivity contribution in [3.05, 3.63) is 66.7 Å². The Kier molecular flexibility index (Phi) is 4.64. The molecule has 0 amide bonds. The van der Waals surface area contributed by atoms with E-state index in [1.807, 2.05) is 36.4 Å². The SMILES string of the molecule is O=C(c1ccccn1)C1CCCN(c2nccc(-c3ccccn3)n2)C1. The summed E-state index contributed by atoms with van der Waals surface area (Å²) in [6.45, 7) is 1.46. The number of anilines is 1. The Hall–Kier alpha value is -3.15. The van der Waals surface area contributed by atoms with E-state index in [0.29, 0.717) is 18.2 Å². The van der Waals surface area contributed by atoms with Crippen LogP contribution in [-0.4, -0.2) is 38.8 Å². The maximum atomic E-state index is 12.7. The molecule has 26 heavy (non-hydrogen) atoms. The molecule has 4 heterocycles. The van der Waals surface area contributed by atoms with Gasteiger partial charge in [0.15, 0.2) is 5.78 Å². The van der Waals surface area contributed by atoms with Crippen LogP contribution in [0.1, 0.15) is 23.3 Å². The second-order valence-electron chi connectivity index (χ2n) is 6.32. The van der Waals surface area contributed by atoms with Crippen LogP contribution in [0.15, 0.2) is 61.1 Å². The Bertz CT molecular complexity index is 885. The minimum atomic E-state index is -0.0826. The van der Waals surface area contributed by atoms with Gasteiger partial charge in [0.2, 0.25) is 5.95 Å². The van der Waals surface area contributed by atoms with Crippen LogP contribution >= 0.6 is 0 Å². The molecule has 0 aromatic carbocycles. The van der Waals surface area contributed by atoms with Crippen LogP contribution in [0.2, 0.25) is 0 Å². The molecular formula is C20H19N5O. The van der Waals surface area contributed by atoms with Crippen LogP contribution in [0.4, 0.5) is 5.95 Å². The van der Waals surface area contributed by atoms with Gasteiger partial charge in [0.1, 0.15) is 5.69 Å². The maximum absolute atomic E-state index is 12.7. The van der Waals surface area contributed by atoms with E-state index in [2.05, 4.69) is 24.8 Å². The van der Waals surface area contributed by atoms with E-state index in [-0.39, 0.29) is 11.7 Å². The van der Waals surface area contributed by atoms with Crippen LogP contribution in [0.3, 0.4) is 0 Å². The van der Waals surface area contributed by atoms with E-state index in [0.717, 1.165) is 30.8 Å². The molecule has 1 saturated heterocycles. The number of pyridine rings is 2. The quantitative estimate of drug-likeness (QED) is 0.677. The lowest BCUT2D eigenvalue weighted by Gasteiger charge is -2.32. The van der Waals surface area contributed by atoms with Gasteiger partial charge in [0.25, 0.3) is 0 Å². The predicted molar refractivity (Wildman–Crippen MR) is 98.8 cm³/mol. The van der Waals surface area contributed by atoms with E-state index in [1.165, 1.54) is 0 Å².